The monoisotopic (exact) mass is 725 g/mol. The summed E-state index contributed by atoms with van der Waals surface area (Å²) in [6, 6.07) is 30.6. The molecule has 0 saturated carbocycles. The lowest BCUT2D eigenvalue weighted by Gasteiger charge is -2.27. The van der Waals surface area contributed by atoms with Gasteiger partial charge in [-0.3, -0.25) is 34.3 Å². The number of amides is 4. The van der Waals surface area contributed by atoms with E-state index in [1.54, 1.807) is 24.3 Å². The third-order valence-electron chi connectivity index (χ3n) is 11.0. The topological polar surface area (TPSA) is 116 Å². The van der Waals surface area contributed by atoms with Gasteiger partial charge in [0.25, 0.3) is 11.8 Å². The zero-order valence-electron chi connectivity index (χ0n) is 30.8. The van der Waals surface area contributed by atoms with Crippen molar-refractivity contribution in [2.75, 3.05) is 26.2 Å². The molecule has 3 heterocycles. The summed E-state index contributed by atoms with van der Waals surface area (Å²) in [7, 11) is 0. The van der Waals surface area contributed by atoms with Crippen molar-refractivity contribution < 1.29 is 29.0 Å². The molecule has 4 amide bonds. The Labute approximate surface area is 316 Å². The van der Waals surface area contributed by atoms with Gasteiger partial charge in [-0.2, -0.15) is 0 Å². The summed E-state index contributed by atoms with van der Waals surface area (Å²) in [6.07, 6.45) is 5.98. The predicted octanol–water partition coefficient (Wildman–Crippen LogP) is 7.28. The van der Waals surface area contributed by atoms with Gasteiger partial charge in [-0.25, -0.2) is 0 Å². The number of hydrogen-bond acceptors (Lipinski definition) is 7. The van der Waals surface area contributed by atoms with Crippen LogP contribution in [0.25, 0.3) is 11.1 Å². The lowest BCUT2D eigenvalue weighted by atomic mass is 9.88. The lowest BCUT2D eigenvalue weighted by Crippen LogP contribution is -2.54. The van der Waals surface area contributed by atoms with Crippen LogP contribution in [0.3, 0.4) is 0 Å². The molecule has 2 unspecified atom stereocenters. The van der Waals surface area contributed by atoms with E-state index in [1.807, 2.05) is 36.4 Å². The number of hydrogen-bond donors (Lipinski definition) is 2. The maximum atomic E-state index is 13.4. The van der Waals surface area contributed by atoms with Crippen LogP contribution >= 0.6 is 0 Å². The number of likely N-dealkylation sites (tertiary alicyclic amines) is 1. The standard InChI is InChI=1S/C45H47N3O6/c1-2-37(31-10-4-3-5-11-31)41(33-15-19-35(49)20-16-33)34-17-21-36(22-18-34)54-28-27-47-26-25-30(29-47)9-6-7-12-32-13-8-14-38-42(32)45(53)48(44(38)52)39-23-24-40(50)46-43(39)51/h3-5,8,10-11,13-22,30,39,49H,2,6-7,9,12,23-29H2,1H3,(H,46,50,51)/b41-37-. The number of fused-ring (bicyclic) bond motifs is 1. The molecule has 4 aromatic rings. The van der Waals surface area contributed by atoms with Crippen LogP contribution in [-0.4, -0.2) is 70.8 Å². The summed E-state index contributed by atoms with van der Waals surface area (Å²) in [4.78, 5) is 54.2. The van der Waals surface area contributed by atoms with E-state index in [0.717, 1.165) is 84.7 Å². The average Bonchev–Trinajstić information content (AvgIpc) is 3.74. The number of phenols is 1. The maximum absolute atomic E-state index is 13.4. The third-order valence-corrected chi connectivity index (χ3v) is 11.0. The molecular formula is C45H47N3O6. The van der Waals surface area contributed by atoms with Crippen molar-refractivity contribution in [3.63, 3.8) is 0 Å². The van der Waals surface area contributed by atoms with Gasteiger partial charge < -0.3 is 9.84 Å². The smallest absolute Gasteiger partial charge is 0.262 e. The van der Waals surface area contributed by atoms with Crippen LogP contribution < -0.4 is 10.1 Å². The zero-order chi connectivity index (χ0) is 37.6. The van der Waals surface area contributed by atoms with Crippen LogP contribution in [0.4, 0.5) is 0 Å². The summed E-state index contributed by atoms with van der Waals surface area (Å²) in [6.45, 7) is 5.73. The minimum atomic E-state index is -0.952. The van der Waals surface area contributed by atoms with E-state index in [4.69, 9.17) is 4.74 Å². The molecule has 54 heavy (non-hydrogen) atoms. The second-order valence-corrected chi connectivity index (χ2v) is 14.5. The number of ether oxygens (including phenoxy) is 1. The molecule has 0 spiro atoms. The minimum Gasteiger partial charge on any atom is -0.508 e. The van der Waals surface area contributed by atoms with Crippen molar-refractivity contribution in [1.82, 2.24) is 15.1 Å². The first kappa shape index (κ1) is 36.8. The molecule has 278 valence electrons. The number of aryl methyl sites for hydroxylation is 1. The number of aromatic hydroxyl groups is 1. The fourth-order valence-electron chi connectivity index (χ4n) is 8.21. The van der Waals surface area contributed by atoms with Crippen molar-refractivity contribution in [3.8, 4) is 11.5 Å². The number of rotatable bonds is 14. The van der Waals surface area contributed by atoms with E-state index in [9.17, 15) is 24.3 Å². The highest BCUT2D eigenvalue weighted by Crippen LogP contribution is 2.36. The predicted molar refractivity (Wildman–Crippen MR) is 208 cm³/mol. The summed E-state index contributed by atoms with van der Waals surface area (Å²) in [5, 5.41) is 12.2. The Bertz CT molecular complexity index is 2040. The summed E-state index contributed by atoms with van der Waals surface area (Å²) in [5.41, 5.74) is 7.31. The number of unbranched alkanes of at least 4 members (excludes halogenated alkanes) is 1. The van der Waals surface area contributed by atoms with Gasteiger partial charge in [0.05, 0.1) is 11.1 Å². The Morgan fingerprint density at radius 3 is 2.28 bits per heavy atom. The second kappa shape index (κ2) is 16.6. The SMILES string of the molecule is CC/C(=C(\c1ccc(O)cc1)c1ccc(OCCN2CCC(CCCCc3cccc4c3C(=O)N(C3CCC(=O)NC3=O)C4=O)C2)cc1)c1ccccc1. The zero-order valence-corrected chi connectivity index (χ0v) is 30.8. The van der Waals surface area contributed by atoms with Crippen LogP contribution in [0, 0.1) is 5.92 Å². The molecule has 3 aliphatic heterocycles. The molecule has 2 saturated heterocycles. The Morgan fingerprint density at radius 1 is 0.815 bits per heavy atom. The Morgan fingerprint density at radius 2 is 1.56 bits per heavy atom. The first-order valence-corrected chi connectivity index (χ1v) is 19.2. The van der Waals surface area contributed by atoms with Gasteiger partial charge in [0.1, 0.15) is 24.1 Å². The van der Waals surface area contributed by atoms with Gasteiger partial charge in [-0.15, -0.1) is 0 Å². The van der Waals surface area contributed by atoms with Gasteiger partial charge in [0.2, 0.25) is 11.8 Å². The summed E-state index contributed by atoms with van der Waals surface area (Å²) in [5.74, 6) is -0.170. The molecule has 0 aliphatic carbocycles. The number of benzene rings is 4. The van der Waals surface area contributed by atoms with Gasteiger partial charge >= 0.3 is 0 Å². The molecule has 9 nitrogen and oxygen atoms in total. The molecule has 0 radical (unpaired) electrons. The van der Waals surface area contributed by atoms with E-state index >= 15 is 0 Å². The Kier molecular flexibility index (Phi) is 11.3. The lowest BCUT2D eigenvalue weighted by molar-refractivity contribution is -0.136. The van der Waals surface area contributed by atoms with Crippen molar-refractivity contribution in [3.05, 3.63) is 130 Å². The van der Waals surface area contributed by atoms with Crippen molar-refractivity contribution >= 4 is 34.8 Å². The largest absolute Gasteiger partial charge is 0.508 e. The number of nitrogens with one attached hydrogen (secondary N) is 1. The number of nitrogens with zero attached hydrogens (tertiary/aromatic N) is 2. The van der Waals surface area contributed by atoms with Crippen molar-refractivity contribution in [1.29, 1.82) is 0 Å². The number of piperidine rings is 1. The number of imide groups is 2. The number of carbonyl (C=O) groups excluding carboxylic acids is 4. The molecule has 4 aromatic carbocycles. The molecule has 0 aromatic heterocycles. The van der Waals surface area contributed by atoms with E-state index in [2.05, 4.69) is 53.5 Å². The van der Waals surface area contributed by atoms with E-state index in [-0.39, 0.29) is 24.5 Å². The molecule has 2 atom stereocenters. The molecule has 2 N–H and O–H groups in total. The fraction of sp³-hybridized carbons (Fsp3) is 0.333. The van der Waals surface area contributed by atoms with Gasteiger partial charge in [-0.1, -0.05) is 80.1 Å². The average molecular weight is 726 g/mol. The molecule has 2 fully saturated rings. The molecule has 3 aliphatic rings. The van der Waals surface area contributed by atoms with Gasteiger partial charge in [0.15, 0.2) is 0 Å². The highest BCUT2D eigenvalue weighted by molar-refractivity contribution is 6.24. The normalized spacial score (nSPS) is 19.2. The van der Waals surface area contributed by atoms with Crippen molar-refractivity contribution in [2.24, 2.45) is 5.92 Å². The van der Waals surface area contributed by atoms with E-state index < -0.39 is 23.8 Å². The summed E-state index contributed by atoms with van der Waals surface area (Å²) < 4.78 is 6.21. The highest BCUT2D eigenvalue weighted by Gasteiger charge is 2.45. The third kappa shape index (κ3) is 8.01. The number of carbonyl (C=O) groups is 4. The molecular weight excluding hydrogens is 679 g/mol. The number of phenolic OH excluding ortho intramolecular Hbond substituents is 1. The van der Waals surface area contributed by atoms with Crippen molar-refractivity contribution in [2.45, 2.75) is 64.3 Å². The Balaban J connectivity index is 0.883. The fourth-order valence-corrected chi connectivity index (χ4v) is 8.21. The quantitative estimate of drug-likeness (QED) is 0.0798. The highest BCUT2D eigenvalue weighted by atomic mass is 16.5. The van der Waals surface area contributed by atoms with Crippen LogP contribution in [-0.2, 0) is 16.0 Å². The van der Waals surface area contributed by atoms with E-state index in [1.165, 1.54) is 11.1 Å². The molecule has 7 rings (SSSR count). The minimum absolute atomic E-state index is 0.106. The second-order valence-electron chi connectivity index (χ2n) is 14.5. The van der Waals surface area contributed by atoms with Crippen LogP contribution in [0.2, 0.25) is 0 Å². The number of allylic oxidation sites excluding steroid dienone is 1. The first-order valence-electron chi connectivity index (χ1n) is 19.2. The summed E-state index contributed by atoms with van der Waals surface area (Å²) >= 11 is 0. The van der Waals surface area contributed by atoms with Crippen LogP contribution in [0.5, 0.6) is 11.5 Å². The van der Waals surface area contributed by atoms with Crippen LogP contribution in [0.15, 0.2) is 97.1 Å². The Hall–Kier alpha value is -5.54. The van der Waals surface area contributed by atoms with Gasteiger partial charge in [0, 0.05) is 19.5 Å². The van der Waals surface area contributed by atoms with E-state index in [0.29, 0.717) is 30.1 Å². The first-order chi connectivity index (χ1) is 26.3. The van der Waals surface area contributed by atoms with Crippen LogP contribution in [0.1, 0.15) is 94.8 Å². The maximum Gasteiger partial charge on any atom is 0.262 e. The van der Waals surface area contributed by atoms with Gasteiger partial charge in [-0.05, 0) is 115 Å². The molecule has 9 heteroatoms. The molecule has 0 bridgehead atoms.